The van der Waals surface area contributed by atoms with Gasteiger partial charge in [-0.25, -0.2) is 9.50 Å². The Kier molecular flexibility index (Phi) is 4.48. The van der Waals surface area contributed by atoms with Crippen molar-refractivity contribution in [2.75, 3.05) is 38.6 Å². The largest absolute Gasteiger partial charge is 0.462 e. The Morgan fingerprint density at radius 2 is 2.17 bits per heavy atom. The van der Waals surface area contributed by atoms with Crippen LogP contribution in [-0.2, 0) is 11.2 Å². The zero-order chi connectivity index (χ0) is 16.4. The van der Waals surface area contributed by atoms with Gasteiger partial charge in [0.1, 0.15) is 0 Å². The molecule has 0 amide bonds. The highest BCUT2D eigenvalue weighted by Gasteiger charge is 2.20. The summed E-state index contributed by atoms with van der Waals surface area (Å²) in [5.41, 5.74) is 7.71. The maximum absolute atomic E-state index is 6.04. The second-order valence-electron chi connectivity index (χ2n) is 6.70. The molecular weight excluding hydrogens is 308 g/mol. The van der Waals surface area contributed by atoms with E-state index in [0.717, 1.165) is 44.8 Å². The Labute approximate surface area is 140 Å². The summed E-state index contributed by atoms with van der Waals surface area (Å²) < 4.78 is 12.9. The van der Waals surface area contributed by atoms with Gasteiger partial charge in [0.15, 0.2) is 11.5 Å². The number of hydrogen-bond acceptors (Lipinski definition) is 7. The van der Waals surface area contributed by atoms with E-state index >= 15 is 0 Å². The van der Waals surface area contributed by atoms with Gasteiger partial charge < -0.3 is 20.5 Å². The van der Waals surface area contributed by atoms with Crippen LogP contribution in [0.25, 0.3) is 5.65 Å². The molecule has 8 heteroatoms. The quantitative estimate of drug-likeness (QED) is 0.830. The van der Waals surface area contributed by atoms with Crippen LogP contribution in [0, 0.1) is 11.8 Å². The number of anilines is 1. The van der Waals surface area contributed by atoms with Gasteiger partial charge in [-0.2, -0.15) is 4.98 Å². The van der Waals surface area contributed by atoms with Gasteiger partial charge in [0.25, 0.3) is 0 Å². The van der Waals surface area contributed by atoms with E-state index in [1.807, 2.05) is 6.20 Å². The molecule has 2 saturated heterocycles. The van der Waals surface area contributed by atoms with Crippen LogP contribution < -0.4 is 15.8 Å². The number of nitrogens with one attached hydrogen (secondary N) is 1. The SMILES string of the molecule is Nc1nc(OCC2CCOC2)nn2c(CC3CCNCC3)cnc12. The molecule has 2 aliphatic heterocycles. The normalized spacial score (nSPS) is 22.2. The highest BCUT2D eigenvalue weighted by molar-refractivity contribution is 5.59. The molecule has 1 unspecified atom stereocenters. The topological polar surface area (TPSA) is 99.6 Å². The fourth-order valence-electron chi connectivity index (χ4n) is 3.42. The number of rotatable bonds is 5. The van der Waals surface area contributed by atoms with E-state index in [2.05, 4.69) is 20.4 Å². The number of aromatic nitrogens is 4. The van der Waals surface area contributed by atoms with Gasteiger partial charge in [-0.1, -0.05) is 0 Å². The monoisotopic (exact) mass is 332 g/mol. The zero-order valence-corrected chi connectivity index (χ0v) is 13.8. The molecule has 0 aliphatic carbocycles. The van der Waals surface area contributed by atoms with Crippen LogP contribution in [-0.4, -0.2) is 52.5 Å². The molecule has 2 fully saturated rings. The first-order valence-electron chi connectivity index (χ1n) is 8.71. The predicted octanol–water partition coefficient (Wildman–Crippen LogP) is 0.664. The minimum absolute atomic E-state index is 0.316. The Morgan fingerprint density at radius 1 is 1.29 bits per heavy atom. The van der Waals surface area contributed by atoms with E-state index < -0.39 is 0 Å². The summed E-state index contributed by atoms with van der Waals surface area (Å²) in [4.78, 5) is 8.62. The van der Waals surface area contributed by atoms with Crippen LogP contribution in [0.4, 0.5) is 5.82 Å². The molecule has 4 heterocycles. The Bertz CT molecular complexity index is 691. The first kappa shape index (κ1) is 15.6. The molecule has 3 N–H and O–H groups in total. The minimum Gasteiger partial charge on any atom is -0.462 e. The molecule has 0 bridgehead atoms. The van der Waals surface area contributed by atoms with Gasteiger partial charge in [0, 0.05) is 12.5 Å². The standard InChI is InChI=1S/C16H24N6O2/c17-14-15-19-8-13(7-11-1-4-18-5-2-11)22(15)21-16(20-14)24-10-12-3-6-23-9-12/h8,11-12,18H,1-7,9-10H2,(H2,17,20,21). The lowest BCUT2D eigenvalue weighted by molar-refractivity contribution is 0.163. The number of hydrogen-bond donors (Lipinski definition) is 2. The van der Waals surface area contributed by atoms with E-state index in [9.17, 15) is 0 Å². The number of imidazole rings is 1. The van der Waals surface area contributed by atoms with Crippen molar-refractivity contribution in [1.82, 2.24) is 24.9 Å². The van der Waals surface area contributed by atoms with Crippen LogP contribution in [0.2, 0.25) is 0 Å². The second kappa shape index (κ2) is 6.90. The van der Waals surface area contributed by atoms with Crippen molar-refractivity contribution in [3.05, 3.63) is 11.9 Å². The van der Waals surface area contributed by atoms with Crippen molar-refractivity contribution >= 4 is 11.5 Å². The Hall–Kier alpha value is -1.93. The maximum atomic E-state index is 6.04. The fourth-order valence-corrected chi connectivity index (χ4v) is 3.42. The van der Waals surface area contributed by atoms with Crippen molar-refractivity contribution in [1.29, 1.82) is 0 Å². The van der Waals surface area contributed by atoms with Gasteiger partial charge in [-0.3, -0.25) is 0 Å². The molecule has 1 atom stereocenters. The maximum Gasteiger partial charge on any atom is 0.336 e. The molecular formula is C16H24N6O2. The molecule has 0 radical (unpaired) electrons. The third kappa shape index (κ3) is 3.29. The summed E-state index contributed by atoms with van der Waals surface area (Å²) in [6, 6.07) is 0.316. The van der Waals surface area contributed by atoms with Crippen LogP contribution in [0.5, 0.6) is 6.01 Å². The summed E-state index contributed by atoms with van der Waals surface area (Å²) in [7, 11) is 0. The third-order valence-corrected chi connectivity index (χ3v) is 4.87. The molecule has 130 valence electrons. The van der Waals surface area contributed by atoms with Gasteiger partial charge in [0.05, 0.1) is 25.1 Å². The van der Waals surface area contributed by atoms with Crippen LogP contribution in [0.1, 0.15) is 25.0 Å². The van der Waals surface area contributed by atoms with Crippen LogP contribution in [0.3, 0.4) is 0 Å². The average molecular weight is 332 g/mol. The van der Waals surface area contributed by atoms with Gasteiger partial charge in [-0.05, 0) is 44.7 Å². The first-order valence-corrected chi connectivity index (χ1v) is 8.71. The van der Waals surface area contributed by atoms with Gasteiger partial charge in [0.2, 0.25) is 0 Å². The van der Waals surface area contributed by atoms with Crippen LogP contribution >= 0.6 is 0 Å². The summed E-state index contributed by atoms with van der Waals surface area (Å²) in [5.74, 6) is 1.42. The van der Waals surface area contributed by atoms with E-state index in [1.165, 1.54) is 12.8 Å². The average Bonchev–Trinajstić information content (AvgIpc) is 3.25. The van der Waals surface area contributed by atoms with Gasteiger partial charge in [-0.15, -0.1) is 5.10 Å². The summed E-state index contributed by atoms with van der Waals surface area (Å²) in [5, 5.41) is 7.90. The predicted molar refractivity (Wildman–Crippen MR) is 88.9 cm³/mol. The Balaban J connectivity index is 1.52. The highest BCUT2D eigenvalue weighted by atomic mass is 16.5. The number of nitrogen functional groups attached to an aromatic ring is 1. The van der Waals surface area contributed by atoms with Crippen molar-refractivity contribution in [2.45, 2.75) is 25.7 Å². The highest BCUT2D eigenvalue weighted by Crippen LogP contribution is 2.21. The Morgan fingerprint density at radius 3 is 2.96 bits per heavy atom. The summed E-state index contributed by atoms with van der Waals surface area (Å²) in [6.45, 7) is 4.26. The lowest BCUT2D eigenvalue weighted by Crippen LogP contribution is -2.29. The molecule has 4 rings (SSSR count). The molecule has 0 saturated carbocycles. The van der Waals surface area contributed by atoms with Crippen molar-refractivity contribution in [3.8, 4) is 6.01 Å². The number of nitrogens with two attached hydrogens (primary N) is 1. The van der Waals surface area contributed by atoms with Crippen molar-refractivity contribution < 1.29 is 9.47 Å². The molecule has 2 aromatic heterocycles. The zero-order valence-electron chi connectivity index (χ0n) is 13.8. The third-order valence-electron chi connectivity index (χ3n) is 4.87. The van der Waals surface area contributed by atoms with E-state index in [-0.39, 0.29) is 0 Å². The van der Waals surface area contributed by atoms with E-state index in [0.29, 0.717) is 35.9 Å². The molecule has 8 nitrogen and oxygen atoms in total. The summed E-state index contributed by atoms with van der Waals surface area (Å²) in [6.07, 6.45) is 6.19. The lowest BCUT2D eigenvalue weighted by atomic mass is 9.93. The molecule has 0 spiro atoms. The minimum atomic E-state index is 0.316. The number of piperidine rings is 1. The van der Waals surface area contributed by atoms with Crippen molar-refractivity contribution in [3.63, 3.8) is 0 Å². The molecule has 2 aliphatic rings. The lowest BCUT2D eigenvalue weighted by Gasteiger charge is -2.22. The van der Waals surface area contributed by atoms with Crippen molar-refractivity contribution in [2.24, 2.45) is 11.8 Å². The molecule has 2 aromatic rings. The smallest absolute Gasteiger partial charge is 0.336 e. The molecule has 0 aromatic carbocycles. The van der Waals surface area contributed by atoms with E-state index in [1.54, 1.807) is 4.52 Å². The molecule has 24 heavy (non-hydrogen) atoms. The second-order valence-corrected chi connectivity index (χ2v) is 6.70. The van der Waals surface area contributed by atoms with Gasteiger partial charge >= 0.3 is 6.01 Å². The number of nitrogens with zero attached hydrogens (tertiary/aromatic N) is 4. The fraction of sp³-hybridized carbons (Fsp3) is 0.688. The van der Waals surface area contributed by atoms with E-state index in [4.69, 9.17) is 15.2 Å². The van der Waals surface area contributed by atoms with Crippen LogP contribution in [0.15, 0.2) is 6.20 Å². The first-order chi connectivity index (χ1) is 11.8. The number of fused-ring (bicyclic) bond motifs is 1. The summed E-state index contributed by atoms with van der Waals surface area (Å²) >= 11 is 0. The number of ether oxygens (including phenoxy) is 2.